The van der Waals surface area contributed by atoms with Crippen molar-refractivity contribution in [1.82, 2.24) is 0 Å². The Balaban J connectivity index is 1.61. The van der Waals surface area contributed by atoms with Crippen molar-refractivity contribution in [2.24, 2.45) is 0 Å². The van der Waals surface area contributed by atoms with E-state index in [1.165, 1.54) is 31.3 Å². The fraction of sp³-hybridized carbons (Fsp3) is 0.0909. The van der Waals surface area contributed by atoms with Gasteiger partial charge >= 0.3 is 5.97 Å². The molecule has 0 heterocycles. The smallest absolute Gasteiger partial charge is 0.338 e. The normalized spacial score (nSPS) is 11.0. The molecule has 32 heavy (non-hydrogen) atoms. The predicted molar refractivity (Wildman–Crippen MR) is 114 cm³/mol. The van der Waals surface area contributed by atoms with E-state index in [0.29, 0.717) is 11.8 Å². The number of amides is 1. The molecule has 7 nitrogen and oxygen atoms in total. The Labute approximate surface area is 183 Å². The van der Waals surface area contributed by atoms with Crippen LogP contribution < -0.4 is 9.62 Å². The number of hydrogen-bond donors (Lipinski definition) is 1. The van der Waals surface area contributed by atoms with Gasteiger partial charge in [0.05, 0.1) is 21.8 Å². The van der Waals surface area contributed by atoms with Crippen molar-refractivity contribution < 1.29 is 31.5 Å². The SMILES string of the molecule is CN(c1ccccc1)S(=O)(=O)c1ccc(C(=O)OCC(=O)Nc2ccc(F)cc2F)cc1. The molecule has 0 bridgehead atoms. The molecule has 1 amide bonds. The molecule has 166 valence electrons. The first-order valence-corrected chi connectivity index (χ1v) is 10.7. The van der Waals surface area contributed by atoms with E-state index < -0.39 is 40.1 Å². The molecule has 1 N–H and O–H groups in total. The number of carbonyl (C=O) groups excluding carboxylic acids is 2. The minimum Gasteiger partial charge on any atom is -0.452 e. The van der Waals surface area contributed by atoms with Crippen LogP contribution in [-0.4, -0.2) is 33.9 Å². The first-order valence-electron chi connectivity index (χ1n) is 9.24. The van der Waals surface area contributed by atoms with Gasteiger partial charge in [0, 0.05) is 13.1 Å². The minimum atomic E-state index is -3.85. The van der Waals surface area contributed by atoms with Crippen LogP contribution in [0.3, 0.4) is 0 Å². The summed E-state index contributed by atoms with van der Waals surface area (Å²) >= 11 is 0. The Bertz CT molecular complexity index is 1230. The zero-order valence-corrected chi connectivity index (χ0v) is 17.6. The molecule has 3 aromatic carbocycles. The number of ether oxygens (including phenoxy) is 1. The summed E-state index contributed by atoms with van der Waals surface area (Å²) in [5.74, 6) is -3.47. The quantitative estimate of drug-likeness (QED) is 0.544. The van der Waals surface area contributed by atoms with Crippen LogP contribution in [-0.2, 0) is 19.6 Å². The number of nitrogens with zero attached hydrogens (tertiary/aromatic N) is 1. The molecular weight excluding hydrogens is 442 g/mol. The lowest BCUT2D eigenvalue weighted by atomic mass is 10.2. The third-order valence-electron chi connectivity index (χ3n) is 4.41. The molecule has 3 rings (SSSR count). The molecule has 0 aliphatic heterocycles. The maximum Gasteiger partial charge on any atom is 0.338 e. The highest BCUT2D eigenvalue weighted by Gasteiger charge is 2.22. The van der Waals surface area contributed by atoms with E-state index in [4.69, 9.17) is 4.74 Å². The van der Waals surface area contributed by atoms with Crippen molar-refractivity contribution in [3.05, 3.63) is 90.0 Å². The van der Waals surface area contributed by atoms with Gasteiger partial charge in [-0.3, -0.25) is 9.10 Å². The van der Waals surface area contributed by atoms with Crippen molar-refractivity contribution in [2.45, 2.75) is 4.90 Å². The monoisotopic (exact) mass is 460 g/mol. The van der Waals surface area contributed by atoms with Gasteiger partial charge in [0.1, 0.15) is 11.6 Å². The Morgan fingerprint density at radius 1 is 0.969 bits per heavy atom. The maximum atomic E-state index is 13.6. The second-order valence-electron chi connectivity index (χ2n) is 6.58. The zero-order chi connectivity index (χ0) is 23.3. The summed E-state index contributed by atoms with van der Waals surface area (Å²) < 4.78 is 57.9. The number of hydrogen-bond acceptors (Lipinski definition) is 5. The van der Waals surface area contributed by atoms with Crippen LogP contribution in [0.2, 0.25) is 0 Å². The molecule has 0 aliphatic carbocycles. The predicted octanol–water partition coefficient (Wildman–Crippen LogP) is 3.59. The maximum absolute atomic E-state index is 13.6. The van der Waals surface area contributed by atoms with Gasteiger partial charge in [-0.1, -0.05) is 18.2 Å². The minimum absolute atomic E-state index is 0.0204. The first-order chi connectivity index (χ1) is 15.2. The van der Waals surface area contributed by atoms with Gasteiger partial charge in [0.25, 0.3) is 15.9 Å². The van der Waals surface area contributed by atoms with Gasteiger partial charge in [-0.05, 0) is 48.5 Å². The molecule has 3 aromatic rings. The molecule has 10 heteroatoms. The van der Waals surface area contributed by atoms with Crippen LogP contribution >= 0.6 is 0 Å². The number of carbonyl (C=O) groups is 2. The van der Waals surface area contributed by atoms with Crippen LogP contribution in [0.5, 0.6) is 0 Å². The standard InChI is InChI=1S/C22H18F2N2O5S/c1-26(17-5-3-2-4-6-17)32(29,30)18-10-7-15(8-11-18)22(28)31-14-21(27)25-20-12-9-16(23)13-19(20)24/h2-13H,14H2,1H3,(H,25,27). The number of nitrogens with one attached hydrogen (secondary N) is 1. The van der Waals surface area contributed by atoms with Crippen LogP contribution in [0.1, 0.15) is 10.4 Å². The molecule has 0 aliphatic rings. The fourth-order valence-corrected chi connectivity index (χ4v) is 3.88. The van der Waals surface area contributed by atoms with Gasteiger partial charge in [0.15, 0.2) is 6.61 Å². The molecular formula is C22H18F2N2O5S. The van der Waals surface area contributed by atoms with E-state index >= 15 is 0 Å². The lowest BCUT2D eigenvalue weighted by Gasteiger charge is -2.19. The number of rotatable bonds is 7. The van der Waals surface area contributed by atoms with E-state index in [0.717, 1.165) is 16.4 Å². The summed E-state index contributed by atoms with van der Waals surface area (Å²) in [7, 11) is -2.43. The third-order valence-corrected chi connectivity index (χ3v) is 6.21. The van der Waals surface area contributed by atoms with Gasteiger partial charge < -0.3 is 10.1 Å². The lowest BCUT2D eigenvalue weighted by Crippen LogP contribution is -2.26. The van der Waals surface area contributed by atoms with Gasteiger partial charge in [-0.25, -0.2) is 22.0 Å². The second kappa shape index (κ2) is 9.56. The Hall–Kier alpha value is -3.79. The number of anilines is 2. The third kappa shape index (κ3) is 5.27. The first kappa shape index (κ1) is 22.9. The molecule has 0 unspecified atom stereocenters. The molecule has 0 spiro atoms. The second-order valence-corrected chi connectivity index (χ2v) is 8.55. The topological polar surface area (TPSA) is 92.8 Å². The van der Waals surface area contributed by atoms with Crippen molar-refractivity contribution in [3.8, 4) is 0 Å². The summed E-state index contributed by atoms with van der Waals surface area (Å²) in [4.78, 5) is 24.0. The Kier molecular flexibility index (Phi) is 6.84. The fourth-order valence-electron chi connectivity index (χ4n) is 2.69. The summed E-state index contributed by atoms with van der Waals surface area (Å²) in [5.41, 5.74) is 0.233. The van der Waals surface area contributed by atoms with E-state index in [2.05, 4.69) is 5.32 Å². The lowest BCUT2D eigenvalue weighted by molar-refractivity contribution is -0.119. The summed E-state index contributed by atoms with van der Waals surface area (Å²) in [6, 6.07) is 16.1. The number of benzene rings is 3. The van der Waals surface area contributed by atoms with E-state index in [-0.39, 0.29) is 16.1 Å². The molecule has 0 radical (unpaired) electrons. The number of para-hydroxylation sites is 1. The number of halogens is 2. The summed E-state index contributed by atoms with van der Waals surface area (Å²) in [5, 5.41) is 2.16. The number of sulfonamides is 1. The van der Waals surface area contributed by atoms with Crippen LogP contribution in [0.15, 0.2) is 77.7 Å². The van der Waals surface area contributed by atoms with Crippen molar-refractivity contribution in [1.29, 1.82) is 0 Å². The molecule has 0 saturated heterocycles. The average molecular weight is 460 g/mol. The van der Waals surface area contributed by atoms with E-state index in [9.17, 15) is 26.8 Å². The highest BCUT2D eigenvalue weighted by Crippen LogP contribution is 2.22. The van der Waals surface area contributed by atoms with Crippen LogP contribution in [0.4, 0.5) is 20.2 Å². The van der Waals surface area contributed by atoms with Crippen molar-refractivity contribution in [3.63, 3.8) is 0 Å². The van der Waals surface area contributed by atoms with Gasteiger partial charge in [-0.15, -0.1) is 0 Å². The Morgan fingerprint density at radius 3 is 2.25 bits per heavy atom. The van der Waals surface area contributed by atoms with Crippen molar-refractivity contribution in [2.75, 3.05) is 23.3 Å². The Morgan fingerprint density at radius 2 is 1.62 bits per heavy atom. The average Bonchev–Trinajstić information content (AvgIpc) is 2.79. The summed E-state index contributed by atoms with van der Waals surface area (Å²) in [6.45, 7) is -0.716. The summed E-state index contributed by atoms with van der Waals surface area (Å²) in [6.07, 6.45) is 0. The van der Waals surface area contributed by atoms with Gasteiger partial charge in [-0.2, -0.15) is 0 Å². The largest absolute Gasteiger partial charge is 0.452 e. The van der Waals surface area contributed by atoms with E-state index in [1.807, 2.05) is 0 Å². The molecule has 0 saturated carbocycles. The molecule has 0 fully saturated rings. The number of esters is 1. The van der Waals surface area contributed by atoms with Gasteiger partial charge in [0.2, 0.25) is 0 Å². The molecule has 0 aromatic heterocycles. The van der Waals surface area contributed by atoms with E-state index in [1.54, 1.807) is 30.3 Å². The van der Waals surface area contributed by atoms with Crippen LogP contribution in [0, 0.1) is 11.6 Å². The highest BCUT2D eigenvalue weighted by atomic mass is 32.2. The molecule has 0 atom stereocenters. The zero-order valence-electron chi connectivity index (χ0n) is 16.8. The van der Waals surface area contributed by atoms with Crippen molar-refractivity contribution >= 4 is 33.3 Å². The highest BCUT2D eigenvalue weighted by molar-refractivity contribution is 7.92. The van der Waals surface area contributed by atoms with Crippen LogP contribution in [0.25, 0.3) is 0 Å².